The zero-order valence-electron chi connectivity index (χ0n) is 10.7. The van der Waals surface area contributed by atoms with Crippen LogP contribution in [0.25, 0.3) is 0 Å². The van der Waals surface area contributed by atoms with Gasteiger partial charge in [0, 0.05) is 13.1 Å². The zero-order valence-corrected chi connectivity index (χ0v) is 10.7. The molecule has 3 N–H and O–H groups in total. The maximum atomic E-state index is 12.1. The van der Waals surface area contributed by atoms with Crippen LogP contribution in [-0.2, 0) is 9.59 Å². The summed E-state index contributed by atoms with van der Waals surface area (Å²) < 4.78 is 0. The van der Waals surface area contributed by atoms with Crippen molar-refractivity contribution < 1.29 is 9.59 Å². The molecule has 2 saturated heterocycles. The van der Waals surface area contributed by atoms with Crippen LogP contribution in [0.3, 0.4) is 0 Å². The normalized spacial score (nSPS) is 28.3. The molecule has 2 atom stereocenters. The highest BCUT2D eigenvalue weighted by molar-refractivity contribution is 5.97. The van der Waals surface area contributed by atoms with Crippen LogP contribution in [-0.4, -0.2) is 47.7 Å². The van der Waals surface area contributed by atoms with E-state index in [1.807, 2.05) is 0 Å². The standard InChI is InChI=1S/C12H20N4O2/c1-8(13)14-6-2-4-9-12(18)16-7-3-5-10(16)11(17)15-9/h9-10H,2-7H2,1H3,(H2,13,14)(H,15,17)/t9-,10?/m0/s1. The SMILES string of the molecule is CC(N)=NCCC[C@@H]1NC(=O)C2CCCN2C1=O. The molecule has 18 heavy (non-hydrogen) atoms. The summed E-state index contributed by atoms with van der Waals surface area (Å²) in [5, 5.41) is 2.82. The predicted octanol–water partition coefficient (Wildman–Crippen LogP) is -0.367. The number of hydrogen-bond donors (Lipinski definition) is 2. The van der Waals surface area contributed by atoms with Gasteiger partial charge in [-0.05, 0) is 32.6 Å². The monoisotopic (exact) mass is 252 g/mol. The maximum Gasteiger partial charge on any atom is 0.245 e. The van der Waals surface area contributed by atoms with Crippen molar-refractivity contribution in [3.63, 3.8) is 0 Å². The summed E-state index contributed by atoms with van der Waals surface area (Å²) in [4.78, 5) is 29.8. The zero-order chi connectivity index (χ0) is 13.1. The van der Waals surface area contributed by atoms with Crippen molar-refractivity contribution in [1.29, 1.82) is 0 Å². The number of nitrogens with two attached hydrogens (primary N) is 1. The summed E-state index contributed by atoms with van der Waals surface area (Å²) in [6.07, 6.45) is 3.10. The maximum absolute atomic E-state index is 12.1. The van der Waals surface area contributed by atoms with Crippen LogP contribution in [0.15, 0.2) is 4.99 Å². The Kier molecular flexibility index (Phi) is 3.84. The number of amidine groups is 1. The molecule has 0 aromatic rings. The molecule has 2 amide bonds. The molecule has 2 heterocycles. The van der Waals surface area contributed by atoms with Gasteiger partial charge in [-0.2, -0.15) is 0 Å². The average molecular weight is 252 g/mol. The smallest absolute Gasteiger partial charge is 0.245 e. The fraction of sp³-hybridized carbons (Fsp3) is 0.750. The fourth-order valence-electron chi connectivity index (χ4n) is 2.58. The Hall–Kier alpha value is -1.59. The van der Waals surface area contributed by atoms with Crippen molar-refractivity contribution in [1.82, 2.24) is 10.2 Å². The van der Waals surface area contributed by atoms with Crippen LogP contribution >= 0.6 is 0 Å². The number of amides is 2. The number of carbonyl (C=O) groups excluding carboxylic acids is 2. The Morgan fingerprint density at radius 2 is 2.33 bits per heavy atom. The highest BCUT2D eigenvalue weighted by atomic mass is 16.2. The summed E-state index contributed by atoms with van der Waals surface area (Å²) in [5.41, 5.74) is 5.44. The third kappa shape index (κ3) is 2.63. The first-order valence-corrected chi connectivity index (χ1v) is 6.47. The van der Waals surface area contributed by atoms with Gasteiger partial charge < -0.3 is 16.0 Å². The lowest BCUT2D eigenvalue weighted by Crippen LogP contribution is -2.61. The van der Waals surface area contributed by atoms with Gasteiger partial charge in [-0.15, -0.1) is 0 Å². The van der Waals surface area contributed by atoms with Crippen molar-refractivity contribution in [3.8, 4) is 0 Å². The molecule has 0 aromatic heterocycles. The number of nitrogens with one attached hydrogen (secondary N) is 1. The van der Waals surface area contributed by atoms with Crippen molar-refractivity contribution in [2.75, 3.05) is 13.1 Å². The molecule has 0 bridgehead atoms. The quantitative estimate of drug-likeness (QED) is 0.406. The summed E-state index contributed by atoms with van der Waals surface area (Å²) >= 11 is 0. The number of aliphatic imine (C=N–C) groups is 1. The van der Waals surface area contributed by atoms with Crippen LogP contribution < -0.4 is 11.1 Å². The van der Waals surface area contributed by atoms with Crippen molar-refractivity contribution >= 4 is 17.6 Å². The molecule has 100 valence electrons. The first-order valence-electron chi connectivity index (χ1n) is 6.47. The Bertz CT molecular complexity index is 376. The molecule has 2 rings (SSSR count). The minimum absolute atomic E-state index is 0.00407. The van der Waals surface area contributed by atoms with Crippen molar-refractivity contribution in [3.05, 3.63) is 0 Å². The molecule has 0 saturated carbocycles. The van der Waals surface area contributed by atoms with Gasteiger partial charge in [0.15, 0.2) is 0 Å². The van der Waals surface area contributed by atoms with E-state index in [0.717, 1.165) is 19.3 Å². The van der Waals surface area contributed by atoms with Gasteiger partial charge >= 0.3 is 0 Å². The third-order valence-electron chi connectivity index (χ3n) is 3.47. The molecule has 0 radical (unpaired) electrons. The summed E-state index contributed by atoms with van der Waals surface area (Å²) in [6, 6.07) is -0.599. The van der Waals surface area contributed by atoms with E-state index in [9.17, 15) is 9.59 Å². The largest absolute Gasteiger partial charge is 0.388 e. The van der Waals surface area contributed by atoms with Gasteiger partial charge in [0.05, 0.1) is 5.84 Å². The van der Waals surface area contributed by atoms with E-state index in [1.54, 1.807) is 11.8 Å². The van der Waals surface area contributed by atoms with E-state index in [-0.39, 0.29) is 23.9 Å². The number of piperazine rings is 1. The van der Waals surface area contributed by atoms with Crippen LogP contribution in [0, 0.1) is 0 Å². The molecule has 2 aliphatic heterocycles. The van der Waals surface area contributed by atoms with Crippen LogP contribution in [0.1, 0.15) is 32.6 Å². The molecule has 0 aliphatic carbocycles. The predicted molar refractivity (Wildman–Crippen MR) is 68.1 cm³/mol. The Morgan fingerprint density at radius 3 is 3.06 bits per heavy atom. The Balaban J connectivity index is 1.87. The van der Waals surface area contributed by atoms with Gasteiger partial charge in [0.25, 0.3) is 0 Å². The second-order valence-corrected chi connectivity index (χ2v) is 4.92. The van der Waals surface area contributed by atoms with Gasteiger partial charge in [-0.3, -0.25) is 14.6 Å². The number of hydrogen-bond acceptors (Lipinski definition) is 3. The number of nitrogens with zero attached hydrogens (tertiary/aromatic N) is 2. The van der Waals surface area contributed by atoms with Gasteiger partial charge in [0.2, 0.25) is 11.8 Å². The van der Waals surface area contributed by atoms with Gasteiger partial charge in [-0.1, -0.05) is 0 Å². The Morgan fingerprint density at radius 1 is 1.56 bits per heavy atom. The molecule has 2 fully saturated rings. The summed E-state index contributed by atoms with van der Waals surface area (Å²) in [6.45, 7) is 3.06. The summed E-state index contributed by atoms with van der Waals surface area (Å²) in [7, 11) is 0. The van der Waals surface area contributed by atoms with Crippen LogP contribution in [0.2, 0.25) is 0 Å². The van der Waals surface area contributed by atoms with Crippen LogP contribution in [0.5, 0.6) is 0 Å². The third-order valence-corrected chi connectivity index (χ3v) is 3.47. The second kappa shape index (κ2) is 5.37. The number of rotatable bonds is 4. The number of fused-ring (bicyclic) bond motifs is 1. The average Bonchev–Trinajstić information content (AvgIpc) is 2.80. The first kappa shape index (κ1) is 12.9. The fourth-order valence-corrected chi connectivity index (χ4v) is 2.58. The highest BCUT2D eigenvalue weighted by Crippen LogP contribution is 2.23. The lowest BCUT2D eigenvalue weighted by molar-refractivity contribution is -0.147. The molecule has 0 spiro atoms. The van der Waals surface area contributed by atoms with E-state index in [0.29, 0.717) is 25.3 Å². The van der Waals surface area contributed by atoms with E-state index in [4.69, 9.17) is 5.73 Å². The molecule has 1 unspecified atom stereocenters. The minimum atomic E-state index is -0.375. The first-order chi connectivity index (χ1) is 8.59. The minimum Gasteiger partial charge on any atom is -0.388 e. The van der Waals surface area contributed by atoms with E-state index in [2.05, 4.69) is 10.3 Å². The van der Waals surface area contributed by atoms with Crippen molar-refractivity contribution in [2.45, 2.75) is 44.7 Å². The molecular weight excluding hydrogens is 232 g/mol. The molecular formula is C12H20N4O2. The van der Waals surface area contributed by atoms with Gasteiger partial charge in [-0.25, -0.2) is 0 Å². The molecule has 2 aliphatic rings. The molecule has 0 aromatic carbocycles. The van der Waals surface area contributed by atoms with Crippen LogP contribution in [0.4, 0.5) is 0 Å². The van der Waals surface area contributed by atoms with Crippen molar-refractivity contribution in [2.24, 2.45) is 10.7 Å². The Labute approximate surface area is 107 Å². The lowest BCUT2D eigenvalue weighted by Gasteiger charge is -2.34. The topological polar surface area (TPSA) is 87.8 Å². The van der Waals surface area contributed by atoms with E-state index < -0.39 is 0 Å². The molecule has 6 heteroatoms. The number of carbonyl (C=O) groups is 2. The highest BCUT2D eigenvalue weighted by Gasteiger charge is 2.42. The van der Waals surface area contributed by atoms with Gasteiger partial charge in [0.1, 0.15) is 12.1 Å². The van der Waals surface area contributed by atoms with E-state index >= 15 is 0 Å². The second-order valence-electron chi connectivity index (χ2n) is 4.92. The lowest BCUT2D eigenvalue weighted by atomic mass is 10.0. The van der Waals surface area contributed by atoms with E-state index in [1.165, 1.54) is 0 Å². The molecule has 6 nitrogen and oxygen atoms in total. The summed E-state index contributed by atoms with van der Waals surface area (Å²) in [5.74, 6) is 0.606.